The molecule has 1 heterocycles. The predicted octanol–water partition coefficient (Wildman–Crippen LogP) is 3.36. The number of carbonyl (C=O) groups excluding carboxylic acids is 3. The van der Waals surface area contributed by atoms with Crippen LogP contribution in [0, 0.1) is 0 Å². The molecule has 0 aromatic heterocycles. The molecule has 1 aliphatic heterocycles. The van der Waals surface area contributed by atoms with Crippen LogP contribution in [0.25, 0.3) is 0 Å². The molecule has 0 saturated carbocycles. The normalized spacial score (nSPS) is 15.7. The minimum atomic E-state index is -0.454. The van der Waals surface area contributed by atoms with Gasteiger partial charge < -0.3 is 34.4 Å². The first-order valence-corrected chi connectivity index (χ1v) is 10.6. The summed E-state index contributed by atoms with van der Waals surface area (Å²) < 4.78 is 10.4. The summed E-state index contributed by atoms with van der Waals surface area (Å²) in [5.74, 6) is 0. The van der Waals surface area contributed by atoms with Crippen LogP contribution in [0.2, 0.25) is 0 Å². The Morgan fingerprint density at radius 1 is 1.32 bits per heavy atom. The van der Waals surface area contributed by atoms with Crippen molar-refractivity contribution in [3.63, 3.8) is 0 Å². The second kappa shape index (κ2) is 17.8. The van der Waals surface area contributed by atoms with Crippen LogP contribution < -0.4 is 5.32 Å². The Hall–Kier alpha value is -1.81. The van der Waals surface area contributed by atoms with E-state index in [2.05, 4.69) is 26.0 Å². The number of likely N-dealkylation sites (tertiary alicyclic amines) is 1. The number of nitrogens with one attached hydrogen (secondary N) is 1. The molecule has 0 aliphatic carbocycles. The molecule has 2 atom stereocenters. The molecular formula is C22H37BrN2O6. The van der Waals surface area contributed by atoms with Crippen LogP contribution in [0.15, 0.2) is 28.7 Å². The van der Waals surface area contributed by atoms with E-state index in [9.17, 15) is 14.7 Å². The van der Waals surface area contributed by atoms with Crippen molar-refractivity contribution in [2.45, 2.75) is 51.4 Å². The third-order valence-corrected chi connectivity index (χ3v) is 4.30. The summed E-state index contributed by atoms with van der Waals surface area (Å²) in [4.78, 5) is 31.3. The number of β-amino-alcohol motifs (C(OH)–C–C–N with tert-alkyl or cyclic N) is 1. The maximum absolute atomic E-state index is 11.4. The van der Waals surface area contributed by atoms with Gasteiger partial charge in [0.15, 0.2) is 0 Å². The zero-order chi connectivity index (χ0) is 24.4. The molecule has 1 fully saturated rings. The summed E-state index contributed by atoms with van der Waals surface area (Å²) in [5.41, 5.74) is 0.683. The largest absolute Gasteiger partial charge is 0.444 e. The molecule has 2 N–H and O–H groups in total. The zero-order valence-electron chi connectivity index (χ0n) is 19.4. The second-order valence-electron chi connectivity index (χ2n) is 7.57. The van der Waals surface area contributed by atoms with Gasteiger partial charge in [-0.15, -0.1) is 0 Å². The molecule has 1 saturated heterocycles. The molecule has 2 rings (SSSR count). The summed E-state index contributed by atoms with van der Waals surface area (Å²) in [5, 5.41) is 12.3. The Bertz CT molecular complexity index is 607. The average Bonchev–Trinajstić information content (AvgIpc) is 3.15. The molecule has 0 spiro atoms. The highest BCUT2D eigenvalue weighted by molar-refractivity contribution is 9.10. The standard InChI is InChI=1S/C10H12BrNO.C9H17NO3.C2H6O.CH2O/c1-12-10(6-7-13)8-2-4-9(11)5-3-8;1-9(2,3)13-8(12)10-5-4-7(11)6-10;1-3-2;1-2/h2-5,7,10,12H,6H2,1H3;7,11H,4-6H2,1-3H3;1-2H3;1H2. The molecule has 9 heteroatoms. The van der Waals surface area contributed by atoms with Crippen molar-refractivity contribution in [1.82, 2.24) is 10.2 Å². The van der Waals surface area contributed by atoms with E-state index < -0.39 is 5.60 Å². The first kappa shape index (κ1) is 31.4. The number of halogens is 1. The van der Waals surface area contributed by atoms with Crippen molar-refractivity contribution in [1.29, 1.82) is 0 Å². The van der Waals surface area contributed by atoms with Crippen LogP contribution in [0.5, 0.6) is 0 Å². The fourth-order valence-electron chi connectivity index (χ4n) is 2.45. The number of ether oxygens (including phenoxy) is 2. The van der Waals surface area contributed by atoms with Gasteiger partial charge in [-0.2, -0.15) is 0 Å². The number of hydrogen-bond donors (Lipinski definition) is 2. The van der Waals surface area contributed by atoms with Gasteiger partial charge in [0, 0.05) is 44.2 Å². The van der Waals surface area contributed by atoms with Crippen molar-refractivity contribution in [2.75, 3.05) is 34.4 Å². The molecule has 1 aliphatic rings. The lowest BCUT2D eigenvalue weighted by Crippen LogP contribution is -2.35. The Labute approximate surface area is 194 Å². The van der Waals surface area contributed by atoms with Crippen LogP contribution in [0.3, 0.4) is 0 Å². The van der Waals surface area contributed by atoms with Gasteiger partial charge in [-0.1, -0.05) is 28.1 Å². The Balaban J connectivity index is 0. The van der Waals surface area contributed by atoms with Gasteiger partial charge in [-0.05, 0) is 51.9 Å². The van der Waals surface area contributed by atoms with Gasteiger partial charge in [0.25, 0.3) is 0 Å². The summed E-state index contributed by atoms with van der Waals surface area (Å²) in [6.07, 6.45) is 1.39. The summed E-state index contributed by atoms with van der Waals surface area (Å²) in [7, 11) is 5.11. The molecule has 1 aromatic rings. The van der Waals surface area contributed by atoms with E-state index in [4.69, 9.17) is 9.53 Å². The number of benzene rings is 1. The number of methoxy groups -OCH3 is 1. The maximum atomic E-state index is 11.4. The molecule has 31 heavy (non-hydrogen) atoms. The number of aldehydes is 1. The summed E-state index contributed by atoms with van der Waals surface area (Å²) in [6, 6.07) is 8.10. The highest BCUT2D eigenvalue weighted by Gasteiger charge is 2.28. The zero-order valence-corrected chi connectivity index (χ0v) is 21.0. The Kier molecular flexibility index (Phi) is 18.0. The molecule has 1 amide bonds. The molecule has 2 unspecified atom stereocenters. The smallest absolute Gasteiger partial charge is 0.410 e. The molecule has 8 nitrogen and oxygen atoms in total. The number of aliphatic hydroxyl groups is 1. The van der Waals surface area contributed by atoms with Crippen LogP contribution in [-0.2, 0) is 19.1 Å². The van der Waals surface area contributed by atoms with Crippen LogP contribution in [0.1, 0.15) is 45.2 Å². The summed E-state index contributed by atoms with van der Waals surface area (Å²) in [6.45, 7) is 8.48. The number of hydrogen-bond acceptors (Lipinski definition) is 7. The van der Waals surface area contributed by atoms with Gasteiger partial charge in [0.2, 0.25) is 0 Å². The van der Waals surface area contributed by atoms with Crippen molar-refractivity contribution in [3.8, 4) is 0 Å². The number of carbonyl (C=O) groups is 3. The minimum Gasteiger partial charge on any atom is -0.444 e. The fraction of sp³-hybridized carbons (Fsp3) is 0.591. The van der Waals surface area contributed by atoms with Crippen molar-refractivity contribution in [2.24, 2.45) is 0 Å². The highest BCUT2D eigenvalue weighted by atomic mass is 79.9. The Morgan fingerprint density at radius 3 is 2.19 bits per heavy atom. The lowest BCUT2D eigenvalue weighted by molar-refractivity contribution is -0.108. The lowest BCUT2D eigenvalue weighted by Gasteiger charge is -2.24. The van der Waals surface area contributed by atoms with Crippen molar-refractivity contribution < 1.29 is 29.0 Å². The third kappa shape index (κ3) is 15.6. The van der Waals surface area contributed by atoms with E-state index in [1.807, 2.05) is 58.9 Å². The molecule has 1 aromatic carbocycles. The van der Waals surface area contributed by atoms with Gasteiger partial charge >= 0.3 is 6.09 Å². The van der Waals surface area contributed by atoms with E-state index in [-0.39, 0.29) is 18.2 Å². The molecule has 178 valence electrons. The minimum absolute atomic E-state index is 0.130. The van der Waals surface area contributed by atoms with Crippen molar-refractivity contribution >= 4 is 35.1 Å². The topological polar surface area (TPSA) is 105 Å². The van der Waals surface area contributed by atoms with Gasteiger partial charge in [-0.3, -0.25) is 0 Å². The number of rotatable bonds is 4. The maximum Gasteiger partial charge on any atom is 0.410 e. The van der Waals surface area contributed by atoms with Crippen LogP contribution in [-0.4, -0.2) is 75.2 Å². The predicted molar refractivity (Wildman–Crippen MR) is 125 cm³/mol. The van der Waals surface area contributed by atoms with E-state index in [1.54, 1.807) is 14.2 Å². The fourth-order valence-corrected chi connectivity index (χ4v) is 2.71. The van der Waals surface area contributed by atoms with Crippen molar-refractivity contribution in [3.05, 3.63) is 34.3 Å². The van der Waals surface area contributed by atoms with E-state index in [0.717, 1.165) is 16.3 Å². The van der Waals surface area contributed by atoms with E-state index in [1.165, 1.54) is 4.90 Å². The highest BCUT2D eigenvalue weighted by Crippen LogP contribution is 2.18. The number of nitrogens with zero attached hydrogens (tertiary/aromatic N) is 1. The summed E-state index contributed by atoms with van der Waals surface area (Å²) >= 11 is 3.37. The van der Waals surface area contributed by atoms with Gasteiger partial charge in [0.05, 0.1) is 6.10 Å². The second-order valence-corrected chi connectivity index (χ2v) is 8.49. The van der Waals surface area contributed by atoms with E-state index in [0.29, 0.717) is 25.9 Å². The lowest BCUT2D eigenvalue weighted by atomic mass is 10.1. The van der Waals surface area contributed by atoms with Crippen LogP contribution in [0.4, 0.5) is 4.79 Å². The third-order valence-electron chi connectivity index (χ3n) is 3.77. The number of amides is 1. The van der Waals surface area contributed by atoms with E-state index >= 15 is 0 Å². The average molecular weight is 505 g/mol. The molecule has 0 radical (unpaired) electrons. The first-order valence-electron chi connectivity index (χ1n) is 9.79. The van der Waals surface area contributed by atoms with Gasteiger partial charge in [-0.25, -0.2) is 4.79 Å². The SMILES string of the molecule is C=O.CC(C)(C)OC(=O)N1CCC(O)C1.CNC(CC=O)c1ccc(Br)cc1.COC. The molecular weight excluding hydrogens is 468 g/mol. The Morgan fingerprint density at radius 2 is 1.84 bits per heavy atom. The number of aliphatic hydroxyl groups excluding tert-OH is 1. The monoisotopic (exact) mass is 504 g/mol. The van der Waals surface area contributed by atoms with Gasteiger partial charge in [0.1, 0.15) is 18.7 Å². The quantitative estimate of drug-likeness (QED) is 0.605. The van der Waals surface area contributed by atoms with Crippen LogP contribution >= 0.6 is 15.9 Å². The first-order chi connectivity index (χ1) is 14.6. The molecule has 0 bridgehead atoms.